The molecule has 1 aromatic heterocycles. The number of rotatable bonds is 2. The zero-order valence-electron chi connectivity index (χ0n) is 7.73. The quantitative estimate of drug-likeness (QED) is 0.743. The summed E-state index contributed by atoms with van der Waals surface area (Å²) < 4.78 is 5.59. The molecule has 0 spiro atoms. The van der Waals surface area contributed by atoms with Crippen molar-refractivity contribution in [2.75, 3.05) is 13.1 Å². The molecular formula is C10H11N3O. The van der Waals surface area contributed by atoms with Crippen LogP contribution in [0.2, 0.25) is 0 Å². The lowest BCUT2D eigenvalue weighted by molar-refractivity contribution is 0.214. The molecule has 2 rings (SSSR count). The Balaban J connectivity index is 1.99. The summed E-state index contributed by atoms with van der Waals surface area (Å²) in [6.07, 6.45) is 2.76. The monoisotopic (exact) mass is 189 g/mol. The van der Waals surface area contributed by atoms with Crippen molar-refractivity contribution in [1.29, 1.82) is 5.26 Å². The highest BCUT2D eigenvalue weighted by molar-refractivity contribution is 5.28. The lowest BCUT2D eigenvalue weighted by Gasteiger charge is -2.10. The molecule has 2 heterocycles. The average Bonchev–Trinajstić information content (AvgIpc) is 2.72. The van der Waals surface area contributed by atoms with Gasteiger partial charge in [-0.05, 0) is 19.0 Å². The van der Waals surface area contributed by atoms with Crippen LogP contribution in [-0.4, -0.2) is 24.2 Å². The van der Waals surface area contributed by atoms with Gasteiger partial charge in [-0.25, -0.2) is 4.98 Å². The molecule has 0 amide bonds. The molecule has 0 aliphatic carbocycles. The molecule has 4 nitrogen and oxygen atoms in total. The Morgan fingerprint density at radius 2 is 2.50 bits per heavy atom. The standard InChI is InChI=1S/C10H11N3O/c11-5-8-1-2-10(13-6-8)14-9-3-4-12-7-9/h1-2,6,9,12H,3-4,7H2. The highest BCUT2D eigenvalue weighted by Gasteiger charge is 2.15. The van der Waals surface area contributed by atoms with Crippen molar-refractivity contribution in [3.8, 4) is 11.9 Å². The fourth-order valence-corrected chi connectivity index (χ4v) is 1.42. The van der Waals surface area contributed by atoms with E-state index in [1.54, 1.807) is 12.1 Å². The normalized spacial score (nSPS) is 20.4. The molecule has 1 aliphatic heterocycles. The minimum absolute atomic E-state index is 0.218. The number of hydrogen-bond donors (Lipinski definition) is 1. The summed E-state index contributed by atoms with van der Waals surface area (Å²) in [5.41, 5.74) is 0.557. The number of ether oxygens (including phenoxy) is 1. The van der Waals surface area contributed by atoms with Crippen LogP contribution in [0, 0.1) is 11.3 Å². The predicted octanol–water partition coefficient (Wildman–Crippen LogP) is 0.694. The van der Waals surface area contributed by atoms with Crippen molar-refractivity contribution in [2.45, 2.75) is 12.5 Å². The third-order valence-electron chi connectivity index (χ3n) is 2.17. The van der Waals surface area contributed by atoms with Gasteiger partial charge in [-0.1, -0.05) is 0 Å². The number of pyridine rings is 1. The summed E-state index contributed by atoms with van der Waals surface area (Å²) in [4.78, 5) is 4.04. The van der Waals surface area contributed by atoms with E-state index in [4.69, 9.17) is 10.00 Å². The first-order chi connectivity index (χ1) is 6.88. The van der Waals surface area contributed by atoms with Gasteiger partial charge in [0.25, 0.3) is 0 Å². The van der Waals surface area contributed by atoms with Crippen molar-refractivity contribution in [3.05, 3.63) is 23.9 Å². The van der Waals surface area contributed by atoms with Crippen LogP contribution < -0.4 is 10.1 Å². The van der Waals surface area contributed by atoms with Gasteiger partial charge in [-0.15, -0.1) is 0 Å². The maximum Gasteiger partial charge on any atom is 0.213 e. The highest BCUT2D eigenvalue weighted by atomic mass is 16.5. The van der Waals surface area contributed by atoms with Gasteiger partial charge in [0.2, 0.25) is 5.88 Å². The van der Waals surface area contributed by atoms with Gasteiger partial charge in [0.15, 0.2) is 0 Å². The summed E-state index contributed by atoms with van der Waals surface area (Å²) in [7, 11) is 0. The Morgan fingerprint density at radius 1 is 1.57 bits per heavy atom. The van der Waals surface area contributed by atoms with E-state index in [1.807, 2.05) is 6.07 Å². The Morgan fingerprint density at radius 3 is 3.07 bits per heavy atom. The third kappa shape index (κ3) is 2.01. The van der Waals surface area contributed by atoms with Gasteiger partial charge in [0.05, 0.1) is 5.56 Å². The second-order valence-corrected chi connectivity index (χ2v) is 3.23. The zero-order chi connectivity index (χ0) is 9.80. The SMILES string of the molecule is N#Cc1ccc(OC2CCNC2)nc1. The molecule has 1 aliphatic rings. The predicted molar refractivity (Wildman–Crippen MR) is 50.9 cm³/mol. The van der Waals surface area contributed by atoms with Crippen LogP contribution in [0.3, 0.4) is 0 Å². The molecule has 1 saturated heterocycles. The minimum atomic E-state index is 0.218. The number of aromatic nitrogens is 1. The first-order valence-corrected chi connectivity index (χ1v) is 4.62. The molecule has 14 heavy (non-hydrogen) atoms. The Hall–Kier alpha value is -1.60. The second kappa shape index (κ2) is 4.07. The molecule has 0 bridgehead atoms. The molecular weight excluding hydrogens is 178 g/mol. The maximum atomic E-state index is 8.57. The summed E-state index contributed by atoms with van der Waals surface area (Å²) in [5, 5.41) is 11.8. The van der Waals surface area contributed by atoms with E-state index in [9.17, 15) is 0 Å². The van der Waals surface area contributed by atoms with E-state index in [0.29, 0.717) is 11.4 Å². The van der Waals surface area contributed by atoms with Gasteiger partial charge in [-0.3, -0.25) is 0 Å². The van der Waals surface area contributed by atoms with Crippen LogP contribution >= 0.6 is 0 Å². The van der Waals surface area contributed by atoms with Gasteiger partial charge in [0.1, 0.15) is 12.2 Å². The first-order valence-electron chi connectivity index (χ1n) is 4.62. The van der Waals surface area contributed by atoms with Gasteiger partial charge in [-0.2, -0.15) is 5.26 Å². The Kier molecular flexibility index (Phi) is 2.61. The Labute approximate surface area is 82.5 Å². The van der Waals surface area contributed by atoms with Gasteiger partial charge < -0.3 is 10.1 Å². The molecule has 0 aromatic carbocycles. The van der Waals surface area contributed by atoms with Crippen molar-refractivity contribution < 1.29 is 4.74 Å². The van der Waals surface area contributed by atoms with Crippen LogP contribution in [-0.2, 0) is 0 Å². The fraction of sp³-hybridized carbons (Fsp3) is 0.400. The highest BCUT2D eigenvalue weighted by Crippen LogP contribution is 2.11. The van der Waals surface area contributed by atoms with E-state index in [1.165, 1.54) is 6.20 Å². The summed E-state index contributed by atoms with van der Waals surface area (Å²) >= 11 is 0. The molecule has 1 aromatic rings. The zero-order valence-corrected chi connectivity index (χ0v) is 7.73. The molecule has 72 valence electrons. The van der Waals surface area contributed by atoms with Gasteiger partial charge >= 0.3 is 0 Å². The molecule has 0 radical (unpaired) electrons. The van der Waals surface area contributed by atoms with E-state index in [-0.39, 0.29) is 6.10 Å². The van der Waals surface area contributed by atoms with Crippen molar-refractivity contribution in [2.24, 2.45) is 0 Å². The average molecular weight is 189 g/mol. The van der Waals surface area contributed by atoms with E-state index in [2.05, 4.69) is 10.3 Å². The van der Waals surface area contributed by atoms with Crippen molar-refractivity contribution in [3.63, 3.8) is 0 Å². The third-order valence-corrected chi connectivity index (χ3v) is 2.17. The summed E-state index contributed by atoms with van der Waals surface area (Å²) in [6, 6.07) is 5.46. The van der Waals surface area contributed by atoms with Crippen LogP contribution in [0.5, 0.6) is 5.88 Å². The topological polar surface area (TPSA) is 57.9 Å². The molecule has 1 N–H and O–H groups in total. The number of hydrogen-bond acceptors (Lipinski definition) is 4. The smallest absolute Gasteiger partial charge is 0.213 e. The molecule has 1 unspecified atom stereocenters. The maximum absolute atomic E-state index is 8.57. The molecule has 0 saturated carbocycles. The minimum Gasteiger partial charge on any atom is -0.473 e. The summed E-state index contributed by atoms with van der Waals surface area (Å²) in [6.45, 7) is 1.88. The second-order valence-electron chi connectivity index (χ2n) is 3.23. The molecule has 1 atom stereocenters. The molecule has 1 fully saturated rings. The largest absolute Gasteiger partial charge is 0.473 e. The van der Waals surface area contributed by atoms with Crippen LogP contribution in [0.4, 0.5) is 0 Å². The Bertz CT molecular complexity index is 335. The number of nitrogens with one attached hydrogen (secondary N) is 1. The van der Waals surface area contributed by atoms with Crippen LogP contribution in [0.1, 0.15) is 12.0 Å². The van der Waals surface area contributed by atoms with E-state index < -0.39 is 0 Å². The first kappa shape index (κ1) is 8.97. The van der Waals surface area contributed by atoms with Crippen LogP contribution in [0.25, 0.3) is 0 Å². The van der Waals surface area contributed by atoms with Crippen LogP contribution in [0.15, 0.2) is 18.3 Å². The van der Waals surface area contributed by atoms with Crippen molar-refractivity contribution >= 4 is 0 Å². The van der Waals surface area contributed by atoms with E-state index >= 15 is 0 Å². The number of nitrogens with zero attached hydrogens (tertiary/aromatic N) is 2. The van der Waals surface area contributed by atoms with Crippen molar-refractivity contribution in [1.82, 2.24) is 10.3 Å². The lowest BCUT2D eigenvalue weighted by atomic mass is 10.3. The number of nitriles is 1. The lowest BCUT2D eigenvalue weighted by Crippen LogP contribution is -2.19. The van der Waals surface area contributed by atoms with Gasteiger partial charge in [0, 0.05) is 18.8 Å². The fourth-order valence-electron chi connectivity index (χ4n) is 1.42. The summed E-state index contributed by atoms with van der Waals surface area (Å²) in [5.74, 6) is 0.595. The van der Waals surface area contributed by atoms with E-state index in [0.717, 1.165) is 19.5 Å². The molecule has 4 heteroatoms.